The van der Waals surface area contributed by atoms with E-state index in [0.717, 1.165) is 11.1 Å². The van der Waals surface area contributed by atoms with E-state index in [0.29, 0.717) is 0 Å². The van der Waals surface area contributed by atoms with E-state index >= 15 is 0 Å². The Kier molecular flexibility index (Phi) is 1.67. The molecule has 2 aliphatic carbocycles. The molecule has 0 unspecified atom stereocenters. The van der Waals surface area contributed by atoms with Gasteiger partial charge in [0.15, 0.2) is 0 Å². The normalized spacial score (nSPS) is 19.9. The zero-order valence-corrected chi connectivity index (χ0v) is 8.78. The highest BCUT2D eigenvalue weighted by atomic mass is 16.7. The molecule has 2 nitrogen and oxygen atoms in total. The van der Waals surface area contributed by atoms with E-state index in [-0.39, 0.29) is 0 Å². The molecule has 2 aliphatic rings. The summed E-state index contributed by atoms with van der Waals surface area (Å²) in [6.07, 6.45) is 4.15. The molecule has 0 aliphatic heterocycles. The van der Waals surface area contributed by atoms with Gasteiger partial charge in [-0.05, 0) is 11.1 Å². The molecule has 0 saturated heterocycles. The van der Waals surface area contributed by atoms with Crippen LogP contribution in [0.2, 0.25) is 0 Å². The van der Waals surface area contributed by atoms with Gasteiger partial charge in [0.2, 0.25) is 5.79 Å². The van der Waals surface area contributed by atoms with Gasteiger partial charge in [-0.1, -0.05) is 36.4 Å². The number of allylic oxidation sites excluding steroid dienone is 2. The summed E-state index contributed by atoms with van der Waals surface area (Å²) in [6, 6.07) is 8.29. The maximum atomic E-state index is 5.56. The smallest absolute Gasteiger partial charge is 0.223 e. The lowest BCUT2D eigenvalue weighted by molar-refractivity contribution is -0.113. The molecule has 15 heavy (non-hydrogen) atoms. The molecular formula is C13H12O2. The molecule has 0 saturated carbocycles. The third-order valence-electron chi connectivity index (χ3n) is 3.21. The number of ether oxygens (including phenoxy) is 2. The maximum Gasteiger partial charge on any atom is 0.223 e. The summed E-state index contributed by atoms with van der Waals surface area (Å²) in [5.74, 6) is -0.663. The Bertz CT molecular complexity index is 438. The molecule has 1 aromatic rings. The Morgan fingerprint density at radius 1 is 0.867 bits per heavy atom. The van der Waals surface area contributed by atoms with Crippen molar-refractivity contribution in [3.8, 4) is 0 Å². The summed E-state index contributed by atoms with van der Waals surface area (Å²) >= 11 is 0. The fourth-order valence-corrected chi connectivity index (χ4v) is 2.54. The van der Waals surface area contributed by atoms with Crippen molar-refractivity contribution in [3.05, 3.63) is 47.5 Å². The minimum atomic E-state index is -0.663. The molecule has 0 spiro atoms. The van der Waals surface area contributed by atoms with Gasteiger partial charge in [0, 0.05) is 25.4 Å². The van der Waals surface area contributed by atoms with E-state index in [2.05, 4.69) is 24.3 Å². The Morgan fingerprint density at radius 3 is 1.73 bits per heavy atom. The van der Waals surface area contributed by atoms with E-state index in [4.69, 9.17) is 9.47 Å². The Hall–Kier alpha value is -1.38. The number of rotatable bonds is 2. The lowest BCUT2D eigenvalue weighted by atomic mass is 10.0. The second-order valence-corrected chi connectivity index (χ2v) is 3.73. The highest BCUT2D eigenvalue weighted by Crippen LogP contribution is 2.54. The van der Waals surface area contributed by atoms with E-state index in [9.17, 15) is 0 Å². The average molecular weight is 200 g/mol. The third kappa shape index (κ3) is 0.863. The molecule has 2 bridgehead atoms. The van der Waals surface area contributed by atoms with Crippen LogP contribution in [0.4, 0.5) is 0 Å². The van der Waals surface area contributed by atoms with Gasteiger partial charge in [-0.3, -0.25) is 0 Å². The van der Waals surface area contributed by atoms with Crippen molar-refractivity contribution in [3.63, 3.8) is 0 Å². The number of fused-ring (bicyclic) bond motifs is 5. The first-order valence-electron chi connectivity index (χ1n) is 4.96. The highest BCUT2D eigenvalue weighted by molar-refractivity contribution is 6.04. The molecule has 76 valence electrons. The highest BCUT2D eigenvalue weighted by Gasteiger charge is 2.49. The topological polar surface area (TPSA) is 18.5 Å². The predicted molar refractivity (Wildman–Crippen MR) is 59.1 cm³/mol. The Morgan fingerprint density at radius 2 is 1.33 bits per heavy atom. The van der Waals surface area contributed by atoms with Crippen molar-refractivity contribution in [2.24, 2.45) is 0 Å². The molecule has 3 rings (SSSR count). The van der Waals surface area contributed by atoms with Crippen LogP contribution >= 0.6 is 0 Å². The summed E-state index contributed by atoms with van der Waals surface area (Å²) in [6.45, 7) is 0. The third-order valence-corrected chi connectivity index (χ3v) is 3.21. The van der Waals surface area contributed by atoms with Gasteiger partial charge in [-0.25, -0.2) is 0 Å². The van der Waals surface area contributed by atoms with Gasteiger partial charge >= 0.3 is 0 Å². The second kappa shape index (κ2) is 2.81. The van der Waals surface area contributed by atoms with Crippen LogP contribution in [0.1, 0.15) is 11.1 Å². The van der Waals surface area contributed by atoms with Crippen molar-refractivity contribution in [1.82, 2.24) is 0 Å². The predicted octanol–water partition coefficient (Wildman–Crippen LogP) is 2.47. The summed E-state index contributed by atoms with van der Waals surface area (Å²) in [5.41, 5.74) is 4.66. The molecule has 0 atom stereocenters. The van der Waals surface area contributed by atoms with Crippen LogP contribution in [-0.4, -0.2) is 20.0 Å². The number of benzene rings is 1. The molecule has 0 N–H and O–H groups in total. The molecule has 0 aromatic heterocycles. The number of methoxy groups -OCH3 is 2. The lowest BCUT2D eigenvalue weighted by Crippen LogP contribution is -2.30. The van der Waals surface area contributed by atoms with Crippen LogP contribution in [0.15, 0.2) is 36.4 Å². The van der Waals surface area contributed by atoms with E-state index in [1.54, 1.807) is 14.2 Å². The first kappa shape index (κ1) is 8.89. The average Bonchev–Trinajstić information content (AvgIpc) is 2.80. The monoisotopic (exact) mass is 200 g/mol. The van der Waals surface area contributed by atoms with Crippen molar-refractivity contribution in [1.29, 1.82) is 0 Å². The largest absolute Gasteiger partial charge is 0.346 e. The van der Waals surface area contributed by atoms with Gasteiger partial charge in [0.05, 0.1) is 0 Å². The summed E-state index contributed by atoms with van der Waals surface area (Å²) in [4.78, 5) is 0. The molecule has 2 heteroatoms. The van der Waals surface area contributed by atoms with Crippen LogP contribution < -0.4 is 0 Å². The molecule has 0 heterocycles. The van der Waals surface area contributed by atoms with Gasteiger partial charge in [-0.15, -0.1) is 0 Å². The number of hydrogen-bond donors (Lipinski definition) is 0. The first-order valence-corrected chi connectivity index (χ1v) is 4.96. The van der Waals surface area contributed by atoms with Crippen molar-refractivity contribution < 1.29 is 9.47 Å². The lowest BCUT2D eigenvalue weighted by Gasteiger charge is -2.26. The van der Waals surface area contributed by atoms with Crippen molar-refractivity contribution >= 4 is 11.1 Å². The van der Waals surface area contributed by atoms with E-state index in [1.807, 2.05) is 12.1 Å². The van der Waals surface area contributed by atoms with Gasteiger partial charge < -0.3 is 9.47 Å². The minimum absolute atomic E-state index is 0.663. The molecule has 0 radical (unpaired) electrons. The number of hydrogen-bond acceptors (Lipinski definition) is 2. The van der Waals surface area contributed by atoms with Gasteiger partial charge in [-0.2, -0.15) is 0 Å². The van der Waals surface area contributed by atoms with Crippen molar-refractivity contribution in [2.45, 2.75) is 5.79 Å². The van der Waals surface area contributed by atoms with Crippen LogP contribution in [-0.2, 0) is 9.47 Å². The Labute approximate surface area is 88.8 Å². The van der Waals surface area contributed by atoms with Crippen LogP contribution in [0.3, 0.4) is 0 Å². The Balaban J connectivity index is 2.26. The summed E-state index contributed by atoms with van der Waals surface area (Å²) < 4.78 is 11.1. The van der Waals surface area contributed by atoms with Gasteiger partial charge in [0.25, 0.3) is 0 Å². The van der Waals surface area contributed by atoms with E-state index < -0.39 is 5.79 Å². The summed E-state index contributed by atoms with van der Waals surface area (Å²) in [5, 5.41) is 0. The quantitative estimate of drug-likeness (QED) is 0.683. The van der Waals surface area contributed by atoms with Crippen LogP contribution in [0.25, 0.3) is 11.1 Å². The van der Waals surface area contributed by atoms with Crippen LogP contribution in [0.5, 0.6) is 0 Å². The fourth-order valence-electron chi connectivity index (χ4n) is 2.54. The SMILES string of the molecule is COC1(OC)C2=CC=C1c1ccccc12. The molecule has 0 fully saturated rings. The van der Waals surface area contributed by atoms with Gasteiger partial charge in [0.1, 0.15) is 0 Å². The van der Waals surface area contributed by atoms with Crippen LogP contribution in [0, 0.1) is 0 Å². The standard InChI is InChI=1S/C13H12O2/c1-14-13(15-2)11-7-8-12(13)10-6-4-3-5-9(10)11/h3-8H,1-2H3. The zero-order chi connectivity index (χ0) is 10.5. The fraction of sp³-hybridized carbons (Fsp3) is 0.231. The molecule has 1 aromatic carbocycles. The van der Waals surface area contributed by atoms with Crippen molar-refractivity contribution in [2.75, 3.05) is 14.2 Å². The maximum absolute atomic E-state index is 5.56. The molecule has 0 amide bonds. The molecular weight excluding hydrogens is 188 g/mol. The van der Waals surface area contributed by atoms with E-state index in [1.165, 1.54) is 11.1 Å². The first-order chi connectivity index (χ1) is 7.33. The zero-order valence-electron chi connectivity index (χ0n) is 8.78. The summed E-state index contributed by atoms with van der Waals surface area (Å²) in [7, 11) is 3.37. The minimum Gasteiger partial charge on any atom is -0.346 e. The second-order valence-electron chi connectivity index (χ2n) is 3.73.